The lowest BCUT2D eigenvalue weighted by Gasteiger charge is -2.12. The number of H-pyrrole nitrogens is 1. The highest BCUT2D eigenvalue weighted by molar-refractivity contribution is 6.04. The quantitative estimate of drug-likeness (QED) is 0.762. The summed E-state index contributed by atoms with van der Waals surface area (Å²) in [6, 6.07) is 0.272. The fraction of sp³-hybridized carbons (Fsp3) is 0.182. The monoisotopic (exact) mass is 297 g/mol. The summed E-state index contributed by atoms with van der Waals surface area (Å²) >= 11 is 0. The molecule has 110 valence electrons. The Balaban J connectivity index is 2.30. The lowest BCUT2D eigenvalue weighted by atomic mass is 10.1. The van der Waals surface area contributed by atoms with Crippen molar-refractivity contribution in [2.24, 2.45) is 0 Å². The molecule has 0 spiro atoms. The summed E-state index contributed by atoms with van der Waals surface area (Å²) in [5.74, 6) is -4.97. The van der Waals surface area contributed by atoms with Crippen LogP contribution in [-0.2, 0) is 0 Å². The Kier molecular flexibility index (Phi) is 3.87. The number of carbonyl (C=O) groups excluding carboxylic acids is 1. The number of benzene rings is 1. The van der Waals surface area contributed by atoms with Crippen molar-refractivity contribution in [2.45, 2.75) is 13.0 Å². The Morgan fingerprint density at radius 1 is 1.29 bits per heavy atom. The molecule has 1 aromatic heterocycles. The highest BCUT2D eigenvalue weighted by Crippen LogP contribution is 2.16. The van der Waals surface area contributed by atoms with E-state index in [1.807, 2.05) is 0 Å². The summed E-state index contributed by atoms with van der Waals surface area (Å²) in [6.45, 7) is 1.52. The Morgan fingerprint density at radius 3 is 2.43 bits per heavy atom. The summed E-state index contributed by atoms with van der Waals surface area (Å²) in [5, 5.41) is 24.1. The van der Waals surface area contributed by atoms with E-state index in [-0.39, 0.29) is 5.82 Å². The predicted octanol–water partition coefficient (Wildman–Crippen LogP) is 0.667. The number of aromatic carboxylic acids is 1. The van der Waals surface area contributed by atoms with Gasteiger partial charge in [-0.1, -0.05) is 5.21 Å². The number of rotatable bonds is 4. The molecule has 0 aliphatic heterocycles. The topological polar surface area (TPSA) is 121 Å². The number of carboxylic acid groups (broad SMARTS) is 1. The molecular formula is C11H9F2N5O3. The number of aromatic amines is 1. The van der Waals surface area contributed by atoms with E-state index in [1.165, 1.54) is 6.92 Å². The van der Waals surface area contributed by atoms with E-state index in [4.69, 9.17) is 5.11 Å². The molecule has 2 rings (SSSR count). The van der Waals surface area contributed by atoms with Crippen LogP contribution in [0.5, 0.6) is 0 Å². The zero-order valence-corrected chi connectivity index (χ0v) is 10.6. The first-order chi connectivity index (χ1) is 9.90. The molecule has 10 heteroatoms. The van der Waals surface area contributed by atoms with Crippen LogP contribution in [0, 0.1) is 11.6 Å². The maximum atomic E-state index is 13.2. The van der Waals surface area contributed by atoms with Crippen molar-refractivity contribution in [3.05, 3.63) is 40.7 Å². The number of nitrogens with one attached hydrogen (secondary N) is 2. The third kappa shape index (κ3) is 2.99. The summed E-state index contributed by atoms with van der Waals surface area (Å²) in [7, 11) is 0. The molecule has 0 aliphatic rings. The lowest BCUT2D eigenvalue weighted by molar-refractivity contribution is 0.0689. The van der Waals surface area contributed by atoms with Crippen molar-refractivity contribution in [3.63, 3.8) is 0 Å². The van der Waals surface area contributed by atoms with Gasteiger partial charge < -0.3 is 10.4 Å². The van der Waals surface area contributed by atoms with Gasteiger partial charge in [0.25, 0.3) is 5.91 Å². The number of halogens is 2. The first-order valence-corrected chi connectivity index (χ1v) is 5.66. The number of aromatic nitrogens is 4. The van der Waals surface area contributed by atoms with Crippen molar-refractivity contribution >= 4 is 11.9 Å². The van der Waals surface area contributed by atoms with E-state index in [2.05, 4.69) is 25.9 Å². The van der Waals surface area contributed by atoms with E-state index in [0.717, 1.165) is 0 Å². The zero-order chi connectivity index (χ0) is 15.6. The SMILES string of the molecule is CC(NC(=O)c1cc(F)c(F)cc1C(=O)O)c1nn[nH]n1. The summed E-state index contributed by atoms with van der Waals surface area (Å²) in [6.07, 6.45) is 0. The summed E-state index contributed by atoms with van der Waals surface area (Å²) in [5.41, 5.74) is -1.15. The molecule has 8 nitrogen and oxygen atoms in total. The van der Waals surface area contributed by atoms with E-state index >= 15 is 0 Å². The first kappa shape index (κ1) is 14.5. The molecular weight excluding hydrogens is 288 g/mol. The third-order valence-corrected chi connectivity index (χ3v) is 2.63. The van der Waals surface area contributed by atoms with Crippen LogP contribution in [0.25, 0.3) is 0 Å². The largest absolute Gasteiger partial charge is 0.478 e. The maximum Gasteiger partial charge on any atom is 0.336 e. The fourth-order valence-electron chi connectivity index (χ4n) is 1.60. The normalized spacial score (nSPS) is 12.0. The molecule has 21 heavy (non-hydrogen) atoms. The Morgan fingerprint density at radius 2 is 1.90 bits per heavy atom. The molecule has 0 bridgehead atoms. The van der Waals surface area contributed by atoms with Crippen LogP contribution < -0.4 is 5.32 Å². The van der Waals surface area contributed by atoms with Crippen LogP contribution in [0.15, 0.2) is 12.1 Å². The summed E-state index contributed by atoms with van der Waals surface area (Å²) < 4.78 is 26.3. The van der Waals surface area contributed by atoms with Crippen LogP contribution in [0.3, 0.4) is 0 Å². The lowest BCUT2D eigenvalue weighted by Crippen LogP contribution is -2.29. The van der Waals surface area contributed by atoms with Crippen LogP contribution >= 0.6 is 0 Å². The molecule has 1 aromatic carbocycles. The van der Waals surface area contributed by atoms with Crippen molar-refractivity contribution in [3.8, 4) is 0 Å². The molecule has 0 radical (unpaired) electrons. The number of tetrazole rings is 1. The smallest absolute Gasteiger partial charge is 0.336 e. The van der Waals surface area contributed by atoms with Crippen LogP contribution in [0.1, 0.15) is 39.5 Å². The van der Waals surface area contributed by atoms with Gasteiger partial charge in [0.1, 0.15) is 0 Å². The van der Waals surface area contributed by atoms with Gasteiger partial charge in [0.2, 0.25) is 0 Å². The fourth-order valence-corrected chi connectivity index (χ4v) is 1.60. The number of hydrogen-bond acceptors (Lipinski definition) is 5. The van der Waals surface area contributed by atoms with Gasteiger partial charge in [-0.3, -0.25) is 4.79 Å². The van der Waals surface area contributed by atoms with Gasteiger partial charge in [-0.15, -0.1) is 10.2 Å². The van der Waals surface area contributed by atoms with Crippen molar-refractivity contribution in [1.29, 1.82) is 0 Å². The minimum Gasteiger partial charge on any atom is -0.478 e. The van der Waals surface area contributed by atoms with Crippen LogP contribution in [0.4, 0.5) is 8.78 Å². The van der Waals surface area contributed by atoms with Crippen LogP contribution in [0.2, 0.25) is 0 Å². The highest BCUT2D eigenvalue weighted by Gasteiger charge is 2.22. The van der Waals surface area contributed by atoms with Crippen molar-refractivity contribution < 1.29 is 23.5 Å². The van der Waals surface area contributed by atoms with E-state index in [9.17, 15) is 18.4 Å². The standard InChI is InChI=1S/C11H9F2N5O3/c1-4(9-15-17-18-16-9)14-10(19)5-2-7(12)8(13)3-6(5)11(20)21/h2-4H,1H3,(H,14,19)(H,20,21)(H,15,16,17,18). The van der Waals surface area contributed by atoms with E-state index in [0.29, 0.717) is 12.1 Å². The molecule has 0 saturated heterocycles. The Bertz CT molecular complexity index is 689. The number of carbonyl (C=O) groups is 2. The van der Waals surface area contributed by atoms with Gasteiger partial charge in [-0.2, -0.15) is 5.21 Å². The molecule has 0 aliphatic carbocycles. The first-order valence-electron chi connectivity index (χ1n) is 5.66. The Hall–Kier alpha value is -2.91. The highest BCUT2D eigenvalue weighted by atomic mass is 19.2. The van der Waals surface area contributed by atoms with Gasteiger partial charge in [-0.05, 0) is 19.1 Å². The molecule has 0 saturated carbocycles. The number of amides is 1. The zero-order valence-electron chi connectivity index (χ0n) is 10.6. The Labute approximate surface area is 116 Å². The second-order valence-electron chi connectivity index (χ2n) is 4.08. The third-order valence-electron chi connectivity index (χ3n) is 2.63. The molecule has 1 amide bonds. The minimum absolute atomic E-state index is 0.155. The predicted molar refractivity (Wildman–Crippen MR) is 63.4 cm³/mol. The molecule has 1 heterocycles. The number of nitrogens with zero attached hydrogens (tertiary/aromatic N) is 3. The van der Waals surface area contributed by atoms with Crippen LogP contribution in [-0.4, -0.2) is 37.6 Å². The molecule has 1 atom stereocenters. The molecule has 3 N–H and O–H groups in total. The van der Waals surface area contributed by atoms with Crippen molar-refractivity contribution in [1.82, 2.24) is 25.9 Å². The second kappa shape index (κ2) is 5.61. The average molecular weight is 297 g/mol. The molecule has 0 fully saturated rings. The van der Waals surface area contributed by atoms with Gasteiger partial charge in [-0.25, -0.2) is 13.6 Å². The summed E-state index contributed by atoms with van der Waals surface area (Å²) in [4.78, 5) is 23.0. The minimum atomic E-state index is -1.55. The van der Waals surface area contributed by atoms with E-state index < -0.39 is 40.7 Å². The second-order valence-corrected chi connectivity index (χ2v) is 4.08. The number of carboxylic acids is 1. The molecule has 2 aromatic rings. The maximum absolute atomic E-state index is 13.2. The van der Waals surface area contributed by atoms with Gasteiger partial charge >= 0.3 is 5.97 Å². The van der Waals surface area contributed by atoms with Crippen molar-refractivity contribution in [2.75, 3.05) is 0 Å². The van der Waals surface area contributed by atoms with Gasteiger partial charge in [0.15, 0.2) is 17.5 Å². The van der Waals surface area contributed by atoms with Gasteiger partial charge in [0, 0.05) is 0 Å². The van der Waals surface area contributed by atoms with E-state index in [1.54, 1.807) is 0 Å². The number of hydrogen-bond donors (Lipinski definition) is 3. The molecule has 1 unspecified atom stereocenters. The average Bonchev–Trinajstić information content (AvgIpc) is 2.95. The van der Waals surface area contributed by atoms with Gasteiger partial charge in [0.05, 0.1) is 17.2 Å².